The number of rotatable bonds is 5. The quantitative estimate of drug-likeness (QED) is 0.905. The van der Waals surface area contributed by atoms with Gasteiger partial charge in [0.25, 0.3) is 0 Å². The van der Waals surface area contributed by atoms with Crippen molar-refractivity contribution >= 4 is 28.0 Å². The molecule has 112 valence electrons. The maximum Gasteiger partial charge on any atom is 0.241 e. The number of amides is 1. The first-order chi connectivity index (χ1) is 9.43. The Morgan fingerprint density at radius 2 is 2.20 bits per heavy atom. The van der Waals surface area contributed by atoms with Gasteiger partial charge >= 0.3 is 0 Å². The van der Waals surface area contributed by atoms with E-state index >= 15 is 0 Å². The molecule has 1 amide bonds. The molecule has 1 aliphatic heterocycles. The fourth-order valence-corrected chi connectivity index (χ4v) is 4.43. The minimum Gasteiger partial charge on any atom is -0.317 e. The Morgan fingerprint density at radius 1 is 1.50 bits per heavy atom. The van der Waals surface area contributed by atoms with Gasteiger partial charge in [-0.15, -0.1) is 11.3 Å². The molecule has 0 saturated carbocycles. The van der Waals surface area contributed by atoms with Crippen LogP contribution in [0, 0.1) is 6.92 Å². The standard InChI is InChI=1S/C14H22N2O2S2/c1-5-11-14(17)16(9(2)8-20(4)18)13(15-11)12-7-6-10(3)19-12/h6-7,9,11,13,15H,5,8H2,1-4H3. The van der Waals surface area contributed by atoms with Crippen molar-refractivity contribution in [1.29, 1.82) is 0 Å². The second-order valence-electron chi connectivity index (χ2n) is 5.31. The van der Waals surface area contributed by atoms with Gasteiger partial charge in [-0.3, -0.25) is 14.3 Å². The molecule has 0 radical (unpaired) electrons. The van der Waals surface area contributed by atoms with Gasteiger partial charge in [0.05, 0.1) is 6.04 Å². The molecule has 1 N–H and O–H groups in total. The molecule has 1 fully saturated rings. The molecule has 0 aromatic carbocycles. The van der Waals surface area contributed by atoms with Crippen LogP contribution in [0.2, 0.25) is 0 Å². The highest BCUT2D eigenvalue weighted by atomic mass is 32.2. The van der Waals surface area contributed by atoms with Gasteiger partial charge in [-0.1, -0.05) is 6.92 Å². The van der Waals surface area contributed by atoms with Crippen LogP contribution < -0.4 is 5.32 Å². The van der Waals surface area contributed by atoms with E-state index in [1.807, 2.05) is 18.7 Å². The lowest BCUT2D eigenvalue weighted by Crippen LogP contribution is -2.41. The summed E-state index contributed by atoms with van der Waals surface area (Å²) in [4.78, 5) is 16.8. The summed E-state index contributed by atoms with van der Waals surface area (Å²) in [6, 6.07) is 4.00. The number of hydrogen-bond donors (Lipinski definition) is 1. The van der Waals surface area contributed by atoms with Gasteiger partial charge in [-0.2, -0.15) is 0 Å². The van der Waals surface area contributed by atoms with Gasteiger partial charge in [-0.05, 0) is 32.4 Å². The molecular formula is C14H22N2O2S2. The molecule has 1 saturated heterocycles. The Kier molecular flexibility index (Phi) is 4.99. The van der Waals surface area contributed by atoms with Crippen molar-refractivity contribution in [2.24, 2.45) is 0 Å². The summed E-state index contributed by atoms with van der Waals surface area (Å²) in [5, 5.41) is 3.41. The number of carbonyl (C=O) groups excluding carboxylic acids is 1. The molecule has 1 aromatic rings. The normalized spacial score (nSPS) is 26.0. The number of thiophene rings is 1. The SMILES string of the molecule is CCC1NC(c2ccc(C)s2)N(C(C)CS(C)=O)C1=O. The molecule has 1 aromatic heterocycles. The third kappa shape index (κ3) is 3.13. The van der Waals surface area contributed by atoms with E-state index < -0.39 is 10.8 Å². The summed E-state index contributed by atoms with van der Waals surface area (Å²) in [7, 11) is -0.904. The van der Waals surface area contributed by atoms with Crippen molar-refractivity contribution < 1.29 is 9.00 Å². The van der Waals surface area contributed by atoms with Crippen LogP contribution in [-0.2, 0) is 15.6 Å². The maximum atomic E-state index is 12.5. The number of hydrogen-bond acceptors (Lipinski definition) is 4. The molecule has 0 aliphatic carbocycles. The van der Waals surface area contributed by atoms with Gasteiger partial charge < -0.3 is 4.90 Å². The van der Waals surface area contributed by atoms with Crippen molar-refractivity contribution in [2.45, 2.75) is 45.4 Å². The minimum atomic E-state index is -0.904. The van der Waals surface area contributed by atoms with Crippen LogP contribution in [0.1, 0.15) is 36.2 Å². The Bertz CT molecular complexity index is 515. The van der Waals surface area contributed by atoms with Gasteiger partial charge in [0, 0.05) is 38.6 Å². The molecule has 6 heteroatoms. The lowest BCUT2D eigenvalue weighted by molar-refractivity contribution is -0.131. The number of carbonyl (C=O) groups is 1. The molecule has 2 heterocycles. The molecule has 4 unspecified atom stereocenters. The zero-order valence-corrected chi connectivity index (χ0v) is 14.0. The van der Waals surface area contributed by atoms with Crippen molar-refractivity contribution in [3.63, 3.8) is 0 Å². The van der Waals surface area contributed by atoms with E-state index in [2.05, 4.69) is 24.4 Å². The predicted molar refractivity (Wildman–Crippen MR) is 84.3 cm³/mol. The lowest BCUT2D eigenvalue weighted by Gasteiger charge is -2.29. The van der Waals surface area contributed by atoms with E-state index in [0.29, 0.717) is 5.75 Å². The maximum absolute atomic E-state index is 12.5. The van der Waals surface area contributed by atoms with E-state index in [0.717, 1.165) is 11.3 Å². The van der Waals surface area contributed by atoms with Crippen LogP contribution in [0.5, 0.6) is 0 Å². The Balaban J connectivity index is 2.27. The summed E-state index contributed by atoms with van der Waals surface area (Å²) in [5.74, 6) is 0.645. The third-order valence-corrected chi connectivity index (χ3v) is 5.58. The predicted octanol–water partition coefficient (Wildman–Crippen LogP) is 2.03. The highest BCUT2D eigenvalue weighted by molar-refractivity contribution is 7.84. The zero-order chi connectivity index (χ0) is 14.9. The summed E-state index contributed by atoms with van der Waals surface area (Å²) in [6.07, 6.45) is 2.38. The molecule has 4 atom stereocenters. The molecule has 1 aliphatic rings. The Morgan fingerprint density at radius 3 is 2.70 bits per heavy atom. The summed E-state index contributed by atoms with van der Waals surface area (Å²) in [5.41, 5.74) is 0. The first-order valence-corrected chi connectivity index (χ1v) is 9.43. The van der Waals surface area contributed by atoms with Gasteiger partial charge in [0.15, 0.2) is 0 Å². The molecule has 2 rings (SSSR count). The fourth-order valence-electron chi connectivity index (χ4n) is 2.65. The van der Waals surface area contributed by atoms with E-state index in [9.17, 15) is 9.00 Å². The molecule has 4 nitrogen and oxygen atoms in total. The van der Waals surface area contributed by atoms with E-state index in [-0.39, 0.29) is 24.2 Å². The number of aryl methyl sites for hydroxylation is 1. The first kappa shape index (κ1) is 15.7. The third-order valence-electron chi connectivity index (χ3n) is 3.58. The Labute approximate surface area is 127 Å². The minimum absolute atomic E-state index is 0.0233. The second kappa shape index (κ2) is 6.37. The second-order valence-corrected chi connectivity index (χ2v) is 8.11. The van der Waals surface area contributed by atoms with Gasteiger partial charge in [0.2, 0.25) is 5.91 Å². The Hall–Kier alpha value is -0.720. The summed E-state index contributed by atoms with van der Waals surface area (Å²) in [6.45, 7) is 6.06. The highest BCUT2D eigenvalue weighted by Crippen LogP contribution is 2.32. The highest BCUT2D eigenvalue weighted by Gasteiger charge is 2.41. The van der Waals surface area contributed by atoms with Crippen molar-refractivity contribution in [3.8, 4) is 0 Å². The number of nitrogens with one attached hydrogen (secondary N) is 1. The van der Waals surface area contributed by atoms with Crippen molar-refractivity contribution in [2.75, 3.05) is 12.0 Å². The lowest BCUT2D eigenvalue weighted by atomic mass is 10.2. The molecule has 0 spiro atoms. The van der Waals surface area contributed by atoms with Gasteiger partial charge in [-0.25, -0.2) is 0 Å². The van der Waals surface area contributed by atoms with E-state index in [1.54, 1.807) is 17.6 Å². The summed E-state index contributed by atoms with van der Waals surface area (Å²) >= 11 is 1.71. The van der Waals surface area contributed by atoms with Crippen LogP contribution in [0.4, 0.5) is 0 Å². The molecular weight excluding hydrogens is 292 g/mol. The van der Waals surface area contributed by atoms with Crippen LogP contribution >= 0.6 is 11.3 Å². The molecule has 0 bridgehead atoms. The monoisotopic (exact) mass is 314 g/mol. The smallest absolute Gasteiger partial charge is 0.241 e. The van der Waals surface area contributed by atoms with Crippen LogP contribution in [0.3, 0.4) is 0 Å². The van der Waals surface area contributed by atoms with Crippen molar-refractivity contribution in [1.82, 2.24) is 10.2 Å². The van der Waals surface area contributed by atoms with Crippen molar-refractivity contribution in [3.05, 3.63) is 21.9 Å². The largest absolute Gasteiger partial charge is 0.317 e. The van der Waals surface area contributed by atoms with Crippen LogP contribution in [-0.4, -0.2) is 39.1 Å². The van der Waals surface area contributed by atoms with Crippen LogP contribution in [0.15, 0.2) is 12.1 Å². The first-order valence-electron chi connectivity index (χ1n) is 6.88. The average molecular weight is 314 g/mol. The zero-order valence-electron chi connectivity index (χ0n) is 12.4. The van der Waals surface area contributed by atoms with Crippen LogP contribution in [0.25, 0.3) is 0 Å². The summed E-state index contributed by atoms with van der Waals surface area (Å²) < 4.78 is 11.5. The van der Waals surface area contributed by atoms with Gasteiger partial charge in [0.1, 0.15) is 6.17 Å². The molecule has 20 heavy (non-hydrogen) atoms. The average Bonchev–Trinajstić information content (AvgIpc) is 2.92. The van der Waals surface area contributed by atoms with E-state index in [1.165, 1.54) is 4.88 Å². The van der Waals surface area contributed by atoms with E-state index in [4.69, 9.17) is 0 Å². The topological polar surface area (TPSA) is 49.4 Å². The fraction of sp³-hybridized carbons (Fsp3) is 0.643. The number of nitrogens with zero attached hydrogens (tertiary/aromatic N) is 1.